The second-order valence-electron chi connectivity index (χ2n) is 8.12. The molecule has 0 atom stereocenters. The molecule has 10 heteroatoms. The largest absolute Gasteiger partial charge is 0.458 e. The van der Waals surface area contributed by atoms with E-state index in [2.05, 4.69) is 4.90 Å². The van der Waals surface area contributed by atoms with Crippen LogP contribution in [0.3, 0.4) is 0 Å². The van der Waals surface area contributed by atoms with E-state index in [9.17, 15) is 4.79 Å². The van der Waals surface area contributed by atoms with Crippen LogP contribution in [-0.4, -0.2) is 130 Å². The van der Waals surface area contributed by atoms with Gasteiger partial charge in [0.05, 0.1) is 85.9 Å². The van der Waals surface area contributed by atoms with Crippen molar-refractivity contribution in [3.63, 3.8) is 0 Å². The predicted molar refractivity (Wildman–Crippen MR) is 120 cm³/mol. The first-order chi connectivity index (χ1) is 15.3. The highest BCUT2D eigenvalue weighted by atomic mass is 16.6. The van der Waals surface area contributed by atoms with Crippen molar-refractivity contribution < 1.29 is 42.7 Å². The molecule has 0 amide bonds. The number of esters is 1. The van der Waals surface area contributed by atoms with Crippen LogP contribution in [0.4, 0.5) is 0 Å². The molecular formula is C22H45NO9. The summed E-state index contributed by atoms with van der Waals surface area (Å²) in [5, 5.41) is 0. The van der Waals surface area contributed by atoms with Crippen LogP contribution >= 0.6 is 0 Å². The molecule has 0 saturated carbocycles. The van der Waals surface area contributed by atoms with Gasteiger partial charge in [-0.1, -0.05) is 0 Å². The van der Waals surface area contributed by atoms with Gasteiger partial charge in [-0.05, 0) is 34.9 Å². The Hall–Kier alpha value is -0.850. The zero-order valence-corrected chi connectivity index (χ0v) is 20.7. The molecule has 0 N–H and O–H groups in total. The van der Waals surface area contributed by atoms with Crippen molar-refractivity contribution in [1.82, 2.24) is 4.90 Å². The molecule has 10 nitrogen and oxygen atoms in total. The van der Waals surface area contributed by atoms with Gasteiger partial charge in [0.15, 0.2) is 0 Å². The summed E-state index contributed by atoms with van der Waals surface area (Å²) < 4.78 is 42.8. The van der Waals surface area contributed by atoms with E-state index >= 15 is 0 Å². The summed E-state index contributed by atoms with van der Waals surface area (Å²) in [6.45, 7) is 13.0. The summed E-state index contributed by atoms with van der Waals surface area (Å²) in [4.78, 5) is 13.5. The van der Waals surface area contributed by atoms with Crippen LogP contribution in [0.1, 0.15) is 20.8 Å². The average Bonchev–Trinajstić information content (AvgIpc) is 2.70. The number of carbonyl (C=O) groups excluding carboxylic acids is 1. The van der Waals surface area contributed by atoms with Crippen molar-refractivity contribution in [1.29, 1.82) is 0 Å². The highest BCUT2D eigenvalue weighted by Crippen LogP contribution is 2.06. The molecule has 32 heavy (non-hydrogen) atoms. The highest BCUT2D eigenvalue weighted by Gasteiger charge is 2.15. The molecule has 0 aromatic heterocycles. The standard InChI is InChI=1S/C22H45NO9/c1-22(2,3)32-21(24)20-31-19-18-30-17-16-29-15-14-28-13-12-27-11-10-26-9-8-25-7-6-23(4)5/h6-20H2,1-5H3. The fourth-order valence-electron chi connectivity index (χ4n) is 2.09. The van der Waals surface area contributed by atoms with Gasteiger partial charge in [-0.3, -0.25) is 0 Å². The van der Waals surface area contributed by atoms with E-state index in [0.29, 0.717) is 85.9 Å². The fraction of sp³-hybridized carbons (Fsp3) is 0.955. The SMILES string of the molecule is CN(C)CCOCCOCCOCCOCCOCCOCCOCC(=O)OC(C)(C)C. The Bertz CT molecular complexity index is 417. The summed E-state index contributed by atoms with van der Waals surface area (Å²) in [5.41, 5.74) is -0.499. The Morgan fingerprint density at radius 2 is 0.875 bits per heavy atom. The van der Waals surface area contributed by atoms with Crippen molar-refractivity contribution in [3.05, 3.63) is 0 Å². The Morgan fingerprint density at radius 3 is 1.19 bits per heavy atom. The van der Waals surface area contributed by atoms with Crippen molar-refractivity contribution in [2.24, 2.45) is 0 Å². The summed E-state index contributed by atoms with van der Waals surface area (Å²) in [6, 6.07) is 0. The van der Waals surface area contributed by atoms with Gasteiger partial charge in [0, 0.05) is 6.54 Å². The lowest BCUT2D eigenvalue weighted by Gasteiger charge is -2.19. The number of ether oxygens (including phenoxy) is 8. The molecule has 0 unspecified atom stereocenters. The van der Waals surface area contributed by atoms with Gasteiger partial charge in [-0.2, -0.15) is 0 Å². The Balaban J connectivity index is 3.11. The molecule has 0 saturated heterocycles. The van der Waals surface area contributed by atoms with Crippen molar-refractivity contribution in [2.75, 3.05) is 113 Å². The topological polar surface area (TPSA) is 94.2 Å². The molecule has 0 spiro atoms. The molecule has 0 aliphatic rings. The summed E-state index contributed by atoms with van der Waals surface area (Å²) >= 11 is 0. The third kappa shape index (κ3) is 27.2. The average molecular weight is 468 g/mol. The molecule has 0 aliphatic heterocycles. The maximum Gasteiger partial charge on any atom is 0.332 e. The smallest absolute Gasteiger partial charge is 0.332 e. The minimum atomic E-state index is -0.499. The van der Waals surface area contributed by atoms with Crippen molar-refractivity contribution in [2.45, 2.75) is 26.4 Å². The van der Waals surface area contributed by atoms with E-state index in [1.165, 1.54) is 0 Å². The van der Waals surface area contributed by atoms with Crippen LogP contribution in [0.2, 0.25) is 0 Å². The normalized spacial score (nSPS) is 11.9. The summed E-state index contributed by atoms with van der Waals surface area (Å²) in [5.74, 6) is -0.378. The lowest BCUT2D eigenvalue weighted by molar-refractivity contribution is -0.160. The van der Waals surface area contributed by atoms with E-state index in [0.717, 1.165) is 6.54 Å². The third-order valence-corrected chi connectivity index (χ3v) is 3.55. The van der Waals surface area contributed by atoms with Gasteiger partial charge in [0.1, 0.15) is 12.2 Å². The summed E-state index contributed by atoms with van der Waals surface area (Å²) in [6.07, 6.45) is 0. The number of hydrogen-bond acceptors (Lipinski definition) is 10. The molecule has 0 fully saturated rings. The van der Waals surface area contributed by atoms with E-state index < -0.39 is 5.60 Å². The van der Waals surface area contributed by atoms with Gasteiger partial charge in [0.2, 0.25) is 0 Å². The summed E-state index contributed by atoms with van der Waals surface area (Å²) in [7, 11) is 4.03. The molecule has 0 radical (unpaired) electrons. The quantitative estimate of drug-likeness (QED) is 0.160. The first-order valence-electron chi connectivity index (χ1n) is 11.2. The number of rotatable bonds is 23. The Morgan fingerprint density at radius 1 is 0.562 bits per heavy atom. The Kier molecular flexibility index (Phi) is 21.4. The number of carbonyl (C=O) groups is 1. The van der Waals surface area contributed by atoms with Crippen LogP contribution in [0.5, 0.6) is 0 Å². The second-order valence-corrected chi connectivity index (χ2v) is 8.12. The van der Waals surface area contributed by atoms with Crippen LogP contribution in [0, 0.1) is 0 Å². The zero-order chi connectivity index (χ0) is 23.9. The molecular weight excluding hydrogens is 422 g/mol. The Labute approximate surface area is 193 Å². The molecule has 0 rings (SSSR count). The lowest BCUT2D eigenvalue weighted by atomic mass is 10.2. The first kappa shape index (κ1) is 31.1. The molecule has 192 valence electrons. The van der Waals surface area contributed by atoms with Gasteiger partial charge < -0.3 is 42.8 Å². The van der Waals surface area contributed by atoms with Crippen molar-refractivity contribution >= 4 is 5.97 Å². The number of nitrogens with zero attached hydrogens (tertiary/aromatic N) is 1. The lowest BCUT2D eigenvalue weighted by Crippen LogP contribution is -2.27. The maximum atomic E-state index is 11.4. The van der Waals surface area contributed by atoms with Gasteiger partial charge in [0.25, 0.3) is 0 Å². The first-order valence-corrected chi connectivity index (χ1v) is 11.2. The number of hydrogen-bond donors (Lipinski definition) is 0. The van der Waals surface area contributed by atoms with E-state index in [-0.39, 0.29) is 12.6 Å². The molecule has 0 bridgehead atoms. The molecule has 0 aromatic rings. The van der Waals surface area contributed by atoms with Gasteiger partial charge in [-0.15, -0.1) is 0 Å². The van der Waals surface area contributed by atoms with Gasteiger partial charge in [-0.25, -0.2) is 4.79 Å². The second kappa shape index (κ2) is 22.0. The minimum absolute atomic E-state index is 0.0720. The maximum absolute atomic E-state index is 11.4. The predicted octanol–water partition coefficient (Wildman–Crippen LogP) is 1.01. The van der Waals surface area contributed by atoms with Crippen LogP contribution in [-0.2, 0) is 42.7 Å². The molecule has 0 heterocycles. The molecule has 0 aromatic carbocycles. The van der Waals surface area contributed by atoms with E-state index in [4.69, 9.17) is 37.9 Å². The fourth-order valence-corrected chi connectivity index (χ4v) is 2.09. The highest BCUT2D eigenvalue weighted by molar-refractivity contribution is 5.71. The van der Waals surface area contributed by atoms with Crippen molar-refractivity contribution in [3.8, 4) is 0 Å². The van der Waals surface area contributed by atoms with Crippen LogP contribution in [0.15, 0.2) is 0 Å². The van der Waals surface area contributed by atoms with Crippen LogP contribution < -0.4 is 0 Å². The van der Waals surface area contributed by atoms with E-state index in [1.807, 2.05) is 34.9 Å². The van der Waals surface area contributed by atoms with Crippen LogP contribution in [0.25, 0.3) is 0 Å². The van der Waals surface area contributed by atoms with Gasteiger partial charge >= 0.3 is 5.97 Å². The zero-order valence-electron chi connectivity index (χ0n) is 20.7. The minimum Gasteiger partial charge on any atom is -0.458 e. The number of likely N-dealkylation sites (N-methyl/N-ethyl adjacent to an activating group) is 1. The monoisotopic (exact) mass is 467 g/mol. The third-order valence-electron chi connectivity index (χ3n) is 3.55. The molecule has 0 aliphatic carbocycles. The van der Waals surface area contributed by atoms with E-state index in [1.54, 1.807) is 0 Å².